The summed E-state index contributed by atoms with van der Waals surface area (Å²) in [6, 6.07) is 9.16. The Balaban J connectivity index is 1.38. The Morgan fingerprint density at radius 1 is 1.00 bits per heavy atom. The molecule has 160 valence electrons. The second-order valence-electron chi connectivity index (χ2n) is 7.51. The van der Waals surface area contributed by atoms with E-state index in [0.717, 1.165) is 34.8 Å². The van der Waals surface area contributed by atoms with Crippen molar-refractivity contribution >= 4 is 27.7 Å². The number of carbonyl (C=O) groups is 1. The average molecular weight is 453 g/mol. The van der Waals surface area contributed by atoms with Crippen molar-refractivity contribution < 1.29 is 22.0 Å². The zero-order valence-corrected chi connectivity index (χ0v) is 17.8. The maximum atomic E-state index is 13.7. The van der Waals surface area contributed by atoms with Crippen LogP contribution in [0.5, 0.6) is 0 Å². The first-order valence-electron chi connectivity index (χ1n) is 9.83. The summed E-state index contributed by atoms with van der Waals surface area (Å²) in [7, 11) is -3.71. The number of rotatable bonds is 4. The van der Waals surface area contributed by atoms with E-state index in [1.165, 1.54) is 28.6 Å². The molecular weight excluding hydrogens is 430 g/mol. The lowest BCUT2D eigenvalue weighted by atomic mass is 9.95. The smallest absolute Gasteiger partial charge is 0.243 e. The highest BCUT2D eigenvalue weighted by molar-refractivity contribution is 7.99. The lowest BCUT2D eigenvalue weighted by Crippen LogP contribution is -2.44. The van der Waals surface area contributed by atoms with Gasteiger partial charge >= 0.3 is 0 Å². The topological polar surface area (TPSA) is 66.5 Å². The maximum Gasteiger partial charge on any atom is 0.243 e. The molecule has 9 heteroatoms. The number of nitrogens with zero attached hydrogens (tertiary/aromatic N) is 1. The zero-order valence-electron chi connectivity index (χ0n) is 16.2. The normalized spacial score (nSPS) is 20.5. The lowest BCUT2D eigenvalue weighted by molar-refractivity contribution is -0.126. The Morgan fingerprint density at radius 2 is 1.67 bits per heavy atom. The van der Waals surface area contributed by atoms with E-state index in [2.05, 4.69) is 5.32 Å². The van der Waals surface area contributed by atoms with Gasteiger partial charge in [0.2, 0.25) is 15.9 Å². The van der Waals surface area contributed by atoms with E-state index in [9.17, 15) is 22.0 Å². The van der Waals surface area contributed by atoms with Crippen molar-refractivity contribution in [3.63, 3.8) is 0 Å². The van der Waals surface area contributed by atoms with Gasteiger partial charge in [-0.25, -0.2) is 17.2 Å². The van der Waals surface area contributed by atoms with Crippen LogP contribution in [-0.4, -0.2) is 37.5 Å². The van der Waals surface area contributed by atoms with E-state index < -0.39 is 15.8 Å². The van der Waals surface area contributed by atoms with Gasteiger partial charge in [-0.05, 0) is 67.3 Å². The molecule has 30 heavy (non-hydrogen) atoms. The number of fused-ring (bicyclic) bond motifs is 1. The zero-order chi connectivity index (χ0) is 21.3. The summed E-state index contributed by atoms with van der Waals surface area (Å²) in [5.74, 6) is -0.392. The molecule has 0 spiro atoms. The predicted octanol–water partition coefficient (Wildman–Crippen LogP) is 3.72. The highest BCUT2D eigenvalue weighted by atomic mass is 32.2. The molecule has 2 aromatic carbocycles. The number of piperidine rings is 1. The summed E-state index contributed by atoms with van der Waals surface area (Å²) in [5, 5.41) is 3.03. The Bertz CT molecular complexity index is 1040. The van der Waals surface area contributed by atoms with Gasteiger partial charge in [0.05, 0.1) is 10.9 Å². The third-order valence-electron chi connectivity index (χ3n) is 5.60. The highest BCUT2D eigenvalue weighted by Gasteiger charge is 2.33. The molecular formula is C21H22F2N2O3S2. The first-order chi connectivity index (χ1) is 14.3. The molecule has 1 saturated heterocycles. The fraction of sp³-hybridized carbons (Fsp3) is 0.381. The summed E-state index contributed by atoms with van der Waals surface area (Å²) < 4.78 is 53.6. The van der Waals surface area contributed by atoms with Gasteiger partial charge in [0.25, 0.3) is 0 Å². The van der Waals surface area contributed by atoms with Crippen LogP contribution in [0, 0.1) is 17.6 Å². The van der Waals surface area contributed by atoms with Crippen molar-refractivity contribution in [3.05, 3.63) is 59.7 Å². The van der Waals surface area contributed by atoms with Crippen LogP contribution >= 0.6 is 11.8 Å². The van der Waals surface area contributed by atoms with Gasteiger partial charge in [-0.2, -0.15) is 4.31 Å². The van der Waals surface area contributed by atoms with Gasteiger partial charge in [0.1, 0.15) is 11.6 Å². The molecule has 2 aromatic rings. The monoisotopic (exact) mass is 452 g/mol. The SMILES string of the molecule is O=C(N[C@H]1CCSc2ccc(F)cc21)C1CCN(S(=O)(=O)c2ccc(F)cc2)CC1. The van der Waals surface area contributed by atoms with Crippen molar-refractivity contribution in [2.45, 2.75) is 35.1 Å². The van der Waals surface area contributed by atoms with Crippen LogP contribution in [0.3, 0.4) is 0 Å². The van der Waals surface area contributed by atoms with Crippen LogP contribution in [0.15, 0.2) is 52.3 Å². The van der Waals surface area contributed by atoms with Crippen LogP contribution in [0.2, 0.25) is 0 Å². The number of hydrogen-bond donors (Lipinski definition) is 1. The van der Waals surface area contributed by atoms with E-state index in [-0.39, 0.29) is 41.7 Å². The summed E-state index contributed by atoms with van der Waals surface area (Å²) in [4.78, 5) is 13.8. The van der Waals surface area contributed by atoms with Crippen LogP contribution in [-0.2, 0) is 14.8 Å². The summed E-state index contributed by atoms with van der Waals surface area (Å²) in [6.45, 7) is 0.451. The van der Waals surface area contributed by atoms with E-state index >= 15 is 0 Å². The van der Waals surface area contributed by atoms with Gasteiger partial charge in [-0.1, -0.05) is 0 Å². The second kappa shape index (κ2) is 8.64. The fourth-order valence-electron chi connectivity index (χ4n) is 3.92. The minimum atomic E-state index is -3.71. The minimum Gasteiger partial charge on any atom is -0.349 e. The fourth-order valence-corrected chi connectivity index (χ4v) is 6.49. The largest absolute Gasteiger partial charge is 0.349 e. The molecule has 0 aliphatic carbocycles. The summed E-state index contributed by atoms with van der Waals surface area (Å²) in [5.41, 5.74) is 0.802. The Labute approximate surface area is 178 Å². The van der Waals surface area contributed by atoms with Crippen LogP contribution < -0.4 is 5.32 Å². The predicted molar refractivity (Wildman–Crippen MR) is 111 cm³/mol. The van der Waals surface area contributed by atoms with E-state index in [4.69, 9.17) is 0 Å². The molecule has 1 fully saturated rings. The maximum absolute atomic E-state index is 13.7. The second-order valence-corrected chi connectivity index (χ2v) is 10.6. The third-order valence-corrected chi connectivity index (χ3v) is 8.64. The molecule has 2 heterocycles. The van der Waals surface area contributed by atoms with Crippen molar-refractivity contribution in [3.8, 4) is 0 Å². The van der Waals surface area contributed by atoms with Crippen molar-refractivity contribution in [1.29, 1.82) is 0 Å². The van der Waals surface area contributed by atoms with Crippen LogP contribution in [0.25, 0.3) is 0 Å². The summed E-state index contributed by atoms with van der Waals surface area (Å²) >= 11 is 1.65. The Morgan fingerprint density at radius 3 is 2.37 bits per heavy atom. The molecule has 1 N–H and O–H groups in total. The van der Waals surface area contributed by atoms with E-state index in [1.807, 2.05) is 0 Å². The molecule has 5 nitrogen and oxygen atoms in total. The molecule has 2 aliphatic heterocycles. The number of hydrogen-bond acceptors (Lipinski definition) is 4. The summed E-state index contributed by atoms with van der Waals surface area (Å²) in [6.07, 6.45) is 1.54. The van der Waals surface area contributed by atoms with Crippen molar-refractivity contribution in [1.82, 2.24) is 9.62 Å². The lowest BCUT2D eigenvalue weighted by Gasteiger charge is -2.32. The van der Waals surface area contributed by atoms with Gasteiger partial charge in [-0.15, -0.1) is 11.8 Å². The molecule has 0 aromatic heterocycles. The third kappa shape index (κ3) is 4.38. The quantitative estimate of drug-likeness (QED) is 0.768. The molecule has 4 rings (SSSR count). The number of halogens is 2. The van der Waals surface area contributed by atoms with Crippen molar-refractivity contribution in [2.75, 3.05) is 18.8 Å². The molecule has 1 amide bonds. The molecule has 2 aliphatic rings. The standard InChI is InChI=1S/C21H22F2N2O3S2/c22-15-1-4-17(5-2-15)30(27,28)25-10-7-14(8-11-25)21(26)24-19-9-12-29-20-6-3-16(23)13-18(19)20/h1-6,13-14,19H,7-12H2,(H,24,26)/t19-/m0/s1. The van der Waals surface area contributed by atoms with Crippen LogP contribution in [0.4, 0.5) is 8.78 Å². The van der Waals surface area contributed by atoms with Gasteiger partial charge < -0.3 is 5.32 Å². The molecule has 0 unspecified atom stereocenters. The number of amides is 1. The number of thioether (sulfide) groups is 1. The Kier molecular flexibility index (Phi) is 6.13. The van der Waals surface area contributed by atoms with E-state index in [0.29, 0.717) is 12.8 Å². The highest BCUT2D eigenvalue weighted by Crippen LogP contribution is 2.37. The minimum absolute atomic E-state index is 0.0464. The Hall–Kier alpha value is -1.97. The number of benzene rings is 2. The van der Waals surface area contributed by atoms with E-state index in [1.54, 1.807) is 17.8 Å². The van der Waals surface area contributed by atoms with Crippen molar-refractivity contribution in [2.24, 2.45) is 5.92 Å². The average Bonchev–Trinajstić information content (AvgIpc) is 2.74. The van der Waals surface area contributed by atoms with Gasteiger partial charge in [0.15, 0.2) is 0 Å². The molecule has 1 atom stereocenters. The first kappa shape index (κ1) is 21.3. The molecule has 0 radical (unpaired) electrons. The number of carbonyl (C=O) groups excluding carboxylic acids is 1. The molecule has 0 saturated carbocycles. The van der Waals surface area contributed by atoms with Crippen LogP contribution in [0.1, 0.15) is 30.9 Å². The molecule has 0 bridgehead atoms. The number of nitrogens with one attached hydrogen (secondary N) is 1. The first-order valence-corrected chi connectivity index (χ1v) is 12.3. The number of sulfonamides is 1. The van der Waals surface area contributed by atoms with Gasteiger partial charge in [0, 0.05) is 29.7 Å². The van der Waals surface area contributed by atoms with Gasteiger partial charge in [-0.3, -0.25) is 4.79 Å².